The molecule has 1 fully saturated rings. The normalized spacial score (nSPS) is 15.2. The van der Waals surface area contributed by atoms with Gasteiger partial charge < -0.3 is 14.9 Å². The number of phenols is 1. The first-order chi connectivity index (χ1) is 12.3. The summed E-state index contributed by atoms with van der Waals surface area (Å²) in [5.41, 5.74) is 2.41. The van der Waals surface area contributed by atoms with Gasteiger partial charge in [0.05, 0.1) is 0 Å². The average Bonchev–Trinajstić information content (AvgIpc) is 2.61. The summed E-state index contributed by atoms with van der Waals surface area (Å²) in [5, 5.41) is 10.1. The molecule has 0 unspecified atom stereocenters. The van der Waals surface area contributed by atoms with Crippen LogP contribution in [0.25, 0.3) is 0 Å². The predicted octanol–water partition coefficient (Wildman–Crippen LogP) is 4.41. The Hall–Kier alpha value is -2.01. The third-order valence-electron chi connectivity index (χ3n) is 4.79. The molecule has 1 heterocycles. The van der Waals surface area contributed by atoms with Crippen molar-refractivity contribution < 1.29 is 9.90 Å². The van der Waals surface area contributed by atoms with Gasteiger partial charge in [0.15, 0.2) is 0 Å². The second-order valence-corrected chi connectivity index (χ2v) is 8.66. The van der Waals surface area contributed by atoms with Crippen LogP contribution in [0.1, 0.15) is 36.7 Å². The van der Waals surface area contributed by atoms with Crippen LogP contribution in [0.15, 0.2) is 46.9 Å². The molecule has 5 heteroatoms. The number of halogens is 1. The fourth-order valence-corrected chi connectivity index (χ4v) is 3.68. The van der Waals surface area contributed by atoms with Crippen molar-refractivity contribution in [2.75, 3.05) is 31.1 Å². The van der Waals surface area contributed by atoms with Gasteiger partial charge in [-0.05, 0) is 41.8 Å². The molecule has 0 radical (unpaired) electrons. The Morgan fingerprint density at radius 3 is 2.35 bits per heavy atom. The van der Waals surface area contributed by atoms with Gasteiger partial charge in [-0.2, -0.15) is 0 Å². The van der Waals surface area contributed by atoms with E-state index in [1.165, 1.54) is 5.69 Å². The molecule has 1 saturated heterocycles. The molecule has 4 nitrogen and oxygen atoms in total. The van der Waals surface area contributed by atoms with Crippen molar-refractivity contribution in [2.24, 2.45) is 0 Å². The highest BCUT2D eigenvalue weighted by Gasteiger charge is 2.25. The quantitative estimate of drug-likeness (QED) is 0.787. The molecule has 1 amide bonds. The van der Waals surface area contributed by atoms with Crippen molar-refractivity contribution in [2.45, 2.75) is 26.2 Å². The molecule has 3 rings (SSSR count). The molecule has 26 heavy (non-hydrogen) atoms. The van der Waals surface area contributed by atoms with Crippen LogP contribution < -0.4 is 4.90 Å². The molecule has 2 aromatic carbocycles. The second kappa shape index (κ2) is 7.31. The molecule has 138 valence electrons. The molecule has 0 aliphatic carbocycles. The molecule has 0 saturated carbocycles. The lowest BCUT2D eigenvalue weighted by atomic mass is 9.85. The number of hydrogen-bond acceptors (Lipinski definition) is 3. The van der Waals surface area contributed by atoms with Crippen LogP contribution in [-0.2, 0) is 5.41 Å². The van der Waals surface area contributed by atoms with Crippen molar-refractivity contribution in [3.05, 3.63) is 58.1 Å². The lowest BCUT2D eigenvalue weighted by Crippen LogP contribution is -2.48. The van der Waals surface area contributed by atoms with E-state index in [1.807, 2.05) is 43.9 Å². The number of rotatable bonds is 2. The third kappa shape index (κ3) is 4.04. The Balaban J connectivity index is 1.71. The maximum atomic E-state index is 12.9. The highest BCUT2D eigenvalue weighted by atomic mass is 79.9. The summed E-state index contributed by atoms with van der Waals surface area (Å²) < 4.78 is 1.06. The Morgan fingerprint density at radius 1 is 1.04 bits per heavy atom. The van der Waals surface area contributed by atoms with Gasteiger partial charge in [-0.3, -0.25) is 4.79 Å². The van der Waals surface area contributed by atoms with Gasteiger partial charge in [0.25, 0.3) is 5.91 Å². The molecule has 1 aliphatic rings. The molecular weight excluding hydrogens is 392 g/mol. The van der Waals surface area contributed by atoms with E-state index in [1.54, 1.807) is 12.1 Å². The van der Waals surface area contributed by atoms with E-state index in [4.69, 9.17) is 0 Å². The van der Waals surface area contributed by atoms with Crippen LogP contribution in [0.4, 0.5) is 5.69 Å². The fraction of sp³-hybridized carbons (Fsp3) is 0.381. The van der Waals surface area contributed by atoms with E-state index in [-0.39, 0.29) is 17.1 Å². The maximum Gasteiger partial charge on any atom is 0.253 e. The topological polar surface area (TPSA) is 43.8 Å². The first-order valence-electron chi connectivity index (χ1n) is 8.89. The number of benzene rings is 2. The van der Waals surface area contributed by atoms with Gasteiger partial charge in [0.2, 0.25) is 0 Å². The summed E-state index contributed by atoms with van der Waals surface area (Å²) in [6, 6.07) is 13.4. The second-order valence-electron chi connectivity index (χ2n) is 7.74. The van der Waals surface area contributed by atoms with Gasteiger partial charge in [0.1, 0.15) is 5.75 Å². The van der Waals surface area contributed by atoms with Gasteiger partial charge in [-0.1, -0.05) is 42.8 Å². The summed E-state index contributed by atoms with van der Waals surface area (Å²) in [6.07, 6.45) is 0. The minimum absolute atomic E-state index is 0.0318. The number of carbonyl (C=O) groups excluding carboxylic acids is 1. The van der Waals surface area contributed by atoms with E-state index < -0.39 is 0 Å². The van der Waals surface area contributed by atoms with Gasteiger partial charge in [-0.25, -0.2) is 0 Å². The van der Waals surface area contributed by atoms with Crippen molar-refractivity contribution >= 4 is 27.5 Å². The zero-order valence-corrected chi connectivity index (χ0v) is 17.1. The summed E-state index contributed by atoms with van der Waals surface area (Å²) in [4.78, 5) is 17.1. The van der Waals surface area contributed by atoms with Gasteiger partial charge in [0, 0.05) is 47.5 Å². The minimum atomic E-state index is -0.209. The highest BCUT2D eigenvalue weighted by molar-refractivity contribution is 9.10. The van der Waals surface area contributed by atoms with Crippen LogP contribution in [-0.4, -0.2) is 42.1 Å². The largest absolute Gasteiger partial charge is 0.508 e. The number of phenolic OH excluding ortho intramolecular Hbond substituents is 1. The zero-order valence-electron chi connectivity index (χ0n) is 15.5. The van der Waals surface area contributed by atoms with Crippen LogP contribution in [0.5, 0.6) is 5.75 Å². The molecule has 1 aliphatic heterocycles. The molecule has 1 N–H and O–H groups in total. The summed E-state index contributed by atoms with van der Waals surface area (Å²) in [6.45, 7) is 9.11. The molecule has 0 spiro atoms. The highest BCUT2D eigenvalue weighted by Crippen LogP contribution is 2.31. The number of anilines is 1. The number of aromatic hydroxyl groups is 1. The van der Waals surface area contributed by atoms with E-state index >= 15 is 0 Å². The van der Waals surface area contributed by atoms with E-state index in [0.717, 1.165) is 23.1 Å². The first-order valence-corrected chi connectivity index (χ1v) is 9.68. The summed E-state index contributed by atoms with van der Waals surface area (Å²) in [5.74, 6) is 0.276. The zero-order chi connectivity index (χ0) is 18.9. The predicted molar refractivity (Wildman–Crippen MR) is 109 cm³/mol. The first kappa shape index (κ1) is 18.8. The minimum Gasteiger partial charge on any atom is -0.508 e. The lowest BCUT2D eigenvalue weighted by molar-refractivity contribution is 0.0746. The van der Waals surface area contributed by atoms with E-state index in [2.05, 4.69) is 33.0 Å². The van der Waals surface area contributed by atoms with Crippen molar-refractivity contribution in [1.29, 1.82) is 0 Å². The molecule has 2 aromatic rings. The van der Waals surface area contributed by atoms with Crippen LogP contribution in [0, 0.1) is 0 Å². The third-order valence-corrected chi connectivity index (χ3v) is 5.29. The molecule has 0 bridgehead atoms. The van der Waals surface area contributed by atoms with Crippen molar-refractivity contribution in [3.8, 4) is 5.75 Å². The van der Waals surface area contributed by atoms with Crippen LogP contribution >= 0.6 is 15.9 Å². The summed E-state index contributed by atoms with van der Waals surface area (Å²) >= 11 is 3.51. The van der Waals surface area contributed by atoms with E-state index in [0.29, 0.717) is 18.7 Å². The summed E-state index contributed by atoms with van der Waals surface area (Å²) in [7, 11) is 0. The molecule has 0 aromatic heterocycles. The fourth-order valence-electron chi connectivity index (χ4n) is 3.29. The SMILES string of the molecule is CC(C)(C)c1cc(C(=O)N2CCN(c3cccc(Br)c3)CC2)ccc1O. The number of nitrogens with zero attached hydrogens (tertiary/aromatic N) is 2. The average molecular weight is 417 g/mol. The Kier molecular flexibility index (Phi) is 5.28. The van der Waals surface area contributed by atoms with Gasteiger partial charge >= 0.3 is 0 Å². The monoisotopic (exact) mass is 416 g/mol. The Bertz CT molecular complexity index is 806. The molecular formula is C21H25BrN2O2. The van der Waals surface area contributed by atoms with Gasteiger partial charge in [-0.15, -0.1) is 0 Å². The van der Waals surface area contributed by atoms with Crippen LogP contribution in [0.2, 0.25) is 0 Å². The number of piperazine rings is 1. The van der Waals surface area contributed by atoms with E-state index in [9.17, 15) is 9.90 Å². The number of hydrogen-bond donors (Lipinski definition) is 1. The lowest BCUT2D eigenvalue weighted by Gasteiger charge is -2.36. The van der Waals surface area contributed by atoms with Crippen LogP contribution in [0.3, 0.4) is 0 Å². The molecule has 0 atom stereocenters. The van der Waals surface area contributed by atoms with Crippen molar-refractivity contribution in [1.82, 2.24) is 4.90 Å². The van der Waals surface area contributed by atoms with Crippen molar-refractivity contribution in [3.63, 3.8) is 0 Å². The smallest absolute Gasteiger partial charge is 0.253 e. The Morgan fingerprint density at radius 2 is 1.73 bits per heavy atom. The standard InChI is InChI=1S/C21H25BrN2O2/c1-21(2,3)18-13-15(7-8-19(18)25)20(26)24-11-9-23(10-12-24)17-6-4-5-16(22)14-17/h4-8,13-14,25H,9-12H2,1-3H3. The maximum absolute atomic E-state index is 12.9. The number of carbonyl (C=O) groups is 1. The number of amides is 1. The Labute approximate surface area is 163 Å².